The SMILES string of the molecule is CC(NC1(CCO)CCOCC1)c1cc(F)ccc1F. The highest BCUT2D eigenvalue weighted by Crippen LogP contribution is 2.29. The molecule has 1 unspecified atom stereocenters. The van der Waals surface area contributed by atoms with Crippen LogP contribution in [0, 0.1) is 11.6 Å². The summed E-state index contributed by atoms with van der Waals surface area (Å²) in [5.74, 6) is -0.865. The number of benzene rings is 1. The summed E-state index contributed by atoms with van der Waals surface area (Å²) in [7, 11) is 0. The Labute approximate surface area is 117 Å². The van der Waals surface area contributed by atoms with Gasteiger partial charge in [0.25, 0.3) is 0 Å². The van der Waals surface area contributed by atoms with Crippen molar-refractivity contribution in [3.8, 4) is 0 Å². The van der Waals surface area contributed by atoms with Gasteiger partial charge in [0, 0.05) is 37.0 Å². The lowest BCUT2D eigenvalue weighted by molar-refractivity contribution is 0.0229. The molecule has 5 heteroatoms. The van der Waals surface area contributed by atoms with Gasteiger partial charge in [-0.2, -0.15) is 0 Å². The zero-order chi connectivity index (χ0) is 14.6. The van der Waals surface area contributed by atoms with E-state index in [1.165, 1.54) is 6.07 Å². The summed E-state index contributed by atoms with van der Waals surface area (Å²) in [5.41, 5.74) is 0.0411. The third-order valence-corrected chi connectivity index (χ3v) is 3.99. The van der Waals surface area contributed by atoms with Crippen molar-refractivity contribution in [3.05, 3.63) is 35.4 Å². The molecule has 0 amide bonds. The molecule has 1 atom stereocenters. The summed E-state index contributed by atoms with van der Waals surface area (Å²) in [6.45, 7) is 3.11. The molecule has 0 saturated carbocycles. The lowest BCUT2D eigenvalue weighted by atomic mass is 9.85. The number of ether oxygens (including phenoxy) is 1. The fraction of sp³-hybridized carbons (Fsp3) is 0.600. The van der Waals surface area contributed by atoms with Crippen LogP contribution in [0.5, 0.6) is 0 Å². The first-order valence-corrected chi connectivity index (χ1v) is 6.97. The zero-order valence-electron chi connectivity index (χ0n) is 11.7. The maximum Gasteiger partial charge on any atom is 0.128 e. The molecule has 1 aliphatic rings. The lowest BCUT2D eigenvalue weighted by Gasteiger charge is -2.40. The quantitative estimate of drug-likeness (QED) is 0.873. The minimum absolute atomic E-state index is 0.0609. The van der Waals surface area contributed by atoms with Gasteiger partial charge >= 0.3 is 0 Å². The predicted octanol–water partition coefficient (Wildman–Crippen LogP) is 2.55. The second kappa shape index (κ2) is 6.61. The first kappa shape index (κ1) is 15.4. The number of rotatable bonds is 5. The van der Waals surface area contributed by atoms with Crippen molar-refractivity contribution < 1.29 is 18.6 Å². The van der Waals surface area contributed by atoms with E-state index in [9.17, 15) is 13.9 Å². The lowest BCUT2D eigenvalue weighted by Crippen LogP contribution is -2.51. The second-order valence-corrected chi connectivity index (χ2v) is 5.40. The molecule has 2 rings (SSSR count). The van der Waals surface area contributed by atoms with Crippen LogP contribution in [0.15, 0.2) is 18.2 Å². The van der Waals surface area contributed by atoms with Gasteiger partial charge in [-0.1, -0.05) is 0 Å². The molecule has 2 N–H and O–H groups in total. The van der Waals surface area contributed by atoms with Crippen LogP contribution in [0.3, 0.4) is 0 Å². The third kappa shape index (κ3) is 3.53. The van der Waals surface area contributed by atoms with Crippen LogP contribution in [0.4, 0.5) is 8.78 Å². The highest BCUT2D eigenvalue weighted by Gasteiger charge is 2.33. The van der Waals surface area contributed by atoms with Gasteiger partial charge in [0.15, 0.2) is 0 Å². The molecular formula is C15H21F2NO2. The van der Waals surface area contributed by atoms with Crippen LogP contribution >= 0.6 is 0 Å². The summed E-state index contributed by atoms with van der Waals surface area (Å²) >= 11 is 0. The molecule has 1 saturated heterocycles. The molecule has 0 radical (unpaired) electrons. The summed E-state index contributed by atoms with van der Waals surface area (Å²) in [6.07, 6.45) is 2.10. The van der Waals surface area contributed by atoms with E-state index in [0.717, 1.165) is 25.0 Å². The topological polar surface area (TPSA) is 41.5 Å². The molecule has 1 aromatic rings. The van der Waals surface area contributed by atoms with Gasteiger partial charge in [-0.05, 0) is 44.4 Å². The Hall–Kier alpha value is -1.04. The Bertz CT molecular complexity index is 442. The Morgan fingerprint density at radius 1 is 1.35 bits per heavy atom. The fourth-order valence-electron chi connectivity index (χ4n) is 2.83. The van der Waals surface area contributed by atoms with Gasteiger partial charge in [0.05, 0.1) is 0 Å². The second-order valence-electron chi connectivity index (χ2n) is 5.40. The Morgan fingerprint density at radius 3 is 2.70 bits per heavy atom. The average molecular weight is 285 g/mol. The molecule has 1 aromatic carbocycles. The molecular weight excluding hydrogens is 264 g/mol. The molecule has 0 aliphatic carbocycles. The van der Waals surface area contributed by atoms with Gasteiger partial charge in [-0.3, -0.25) is 0 Å². The smallest absolute Gasteiger partial charge is 0.128 e. The van der Waals surface area contributed by atoms with Crippen LogP contribution in [0.25, 0.3) is 0 Å². The van der Waals surface area contributed by atoms with Gasteiger partial charge in [0.2, 0.25) is 0 Å². The van der Waals surface area contributed by atoms with Gasteiger partial charge in [-0.25, -0.2) is 8.78 Å². The van der Waals surface area contributed by atoms with Crippen LogP contribution in [0.1, 0.15) is 37.8 Å². The van der Waals surface area contributed by atoms with Crippen LogP contribution in [-0.2, 0) is 4.74 Å². The van der Waals surface area contributed by atoms with Crippen molar-refractivity contribution in [1.82, 2.24) is 5.32 Å². The van der Waals surface area contributed by atoms with E-state index in [-0.39, 0.29) is 18.2 Å². The first-order valence-electron chi connectivity index (χ1n) is 6.97. The van der Waals surface area contributed by atoms with Crippen molar-refractivity contribution in [3.63, 3.8) is 0 Å². The molecule has 3 nitrogen and oxygen atoms in total. The Balaban J connectivity index is 2.15. The van der Waals surface area contributed by atoms with E-state index in [1.54, 1.807) is 0 Å². The minimum atomic E-state index is -0.446. The number of halogens is 2. The maximum absolute atomic E-state index is 13.8. The first-order chi connectivity index (χ1) is 9.56. The number of hydrogen-bond acceptors (Lipinski definition) is 3. The van der Waals surface area contributed by atoms with Gasteiger partial charge in [-0.15, -0.1) is 0 Å². The number of hydrogen-bond donors (Lipinski definition) is 2. The molecule has 0 aromatic heterocycles. The molecule has 20 heavy (non-hydrogen) atoms. The molecule has 1 fully saturated rings. The highest BCUT2D eigenvalue weighted by molar-refractivity contribution is 5.22. The minimum Gasteiger partial charge on any atom is -0.396 e. The van der Waals surface area contributed by atoms with E-state index in [0.29, 0.717) is 25.2 Å². The molecule has 1 heterocycles. The summed E-state index contributed by atoms with van der Waals surface area (Å²) in [6, 6.07) is 3.16. The van der Waals surface area contributed by atoms with E-state index < -0.39 is 11.6 Å². The normalized spacial score (nSPS) is 19.8. The fourth-order valence-corrected chi connectivity index (χ4v) is 2.83. The molecule has 1 aliphatic heterocycles. The molecule has 112 valence electrons. The number of aliphatic hydroxyl groups is 1. The number of nitrogens with one attached hydrogen (secondary N) is 1. The average Bonchev–Trinajstić information content (AvgIpc) is 2.42. The van der Waals surface area contributed by atoms with Crippen molar-refractivity contribution in [2.45, 2.75) is 37.8 Å². The number of aliphatic hydroxyl groups excluding tert-OH is 1. The van der Waals surface area contributed by atoms with Gasteiger partial charge < -0.3 is 15.2 Å². The standard InChI is InChI=1S/C15H21F2NO2/c1-11(13-10-12(16)2-3-14(13)17)18-15(4-7-19)5-8-20-9-6-15/h2-3,10-11,18-19H,4-9H2,1H3. The van der Waals surface area contributed by atoms with Crippen molar-refractivity contribution in [2.24, 2.45) is 0 Å². The van der Waals surface area contributed by atoms with E-state index in [4.69, 9.17) is 4.74 Å². The van der Waals surface area contributed by atoms with Crippen molar-refractivity contribution in [1.29, 1.82) is 0 Å². The highest BCUT2D eigenvalue weighted by atomic mass is 19.1. The molecule has 0 bridgehead atoms. The summed E-state index contributed by atoms with van der Waals surface area (Å²) in [4.78, 5) is 0. The maximum atomic E-state index is 13.8. The van der Waals surface area contributed by atoms with E-state index >= 15 is 0 Å². The molecule has 0 spiro atoms. The Kier molecular flexibility index (Phi) is 5.07. The van der Waals surface area contributed by atoms with Crippen LogP contribution < -0.4 is 5.32 Å². The van der Waals surface area contributed by atoms with Crippen molar-refractivity contribution >= 4 is 0 Å². The Morgan fingerprint density at radius 2 is 2.05 bits per heavy atom. The van der Waals surface area contributed by atoms with Crippen LogP contribution in [-0.4, -0.2) is 30.5 Å². The van der Waals surface area contributed by atoms with E-state index in [2.05, 4.69) is 5.32 Å². The van der Waals surface area contributed by atoms with Gasteiger partial charge in [0.1, 0.15) is 11.6 Å². The monoisotopic (exact) mass is 285 g/mol. The summed E-state index contributed by atoms with van der Waals surface area (Å²) in [5, 5.41) is 12.6. The largest absolute Gasteiger partial charge is 0.396 e. The summed E-state index contributed by atoms with van der Waals surface area (Å²) < 4.78 is 32.4. The van der Waals surface area contributed by atoms with E-state index in [1.807, 2.05) is 6.92 Å². The van der Waals surface area contributed by atoms with Crippen molar-refractivity contribution in [2.75, 3.05) is 19.8 Å². The third-order valence-electron chi connectivity index (χ3n) is 3.99. The zero-order valence-corrected chi connectivity index (χ0v) is 11.7. The van der Waals surface area contributed by atoms with Crippen LogP contribution in [0.2, 0.25) is 0 Å². The predicted molar refractivity (Wildman–Crippen MR) is 72.4 cm³/mol.